The second kappa shape index (κ2) is 44.0. The van der Waals surface area contributed by atoms with Gasteiger partial charge in [0, 0.05) is 13.0 Å². The highest BCUT2D eigenvalue weighted by atomic mass is 16.6. The van der Waals surface area contributed by atoms with Gasteiger partial charge in [-0.15, -0.1) is 0 Å². The fourth-order valence-electron chi connectivity index (χ4n) is 6.65. The first-order valence-electron chi connectivity index (χ1n) is 22.4. The van der Waals surface area contributed by atoms with Gasteiger partial charge in [-0.05, 0) is 44.9 Å². The molecule has 0 aromatic rings. The molecule has 0 aliphatic rings. The summed E-state index contributed by atoms with van der Waals surface area (Å²) in [5, 5.41) is 9.61. The lowest BCUT2D eigenvalue weighted by molar-refractivity contribution is -0.154. The van der Waals surface area contributed by atoms with E-state index < -0.39 is 6.10 Å². The third-order valence-corrected chi connectivity index (χ3v) is 10.0. The highest BCUT2D eigenvalue weighted by Crippen LogP contribution is 2.15. The summed E-state index contributed by atoms with van der Waals surface area (Å²) in [4.78, 5) is 12.2. The largest absolute Gasteiger partial charge is 0.457 e. The van der Waals surface area contributed by atoms with Crippen molar-refractivity contribution in [3.8, 4) is 0 Å². The van der Waals surface area contributed by atoms with E-state index >= 15 is 0 Å². The van der Waals surface area contributed by atoms with Gasteiger partial charge in [0.2, 0.25) is 0 Å². The van der Waals surface area contributed by atoms with Gasteiger partial charge in [0.15, 0.2) is 0 Å². The Morgan fingerprint density at radius 1 is 0.480 bits per heavy atom. The van der Waals surface area contributed by atoms with Gasteiger partial charge in [0.05, 0.1) is 13.2 Å². The molecule has 1 atom stereocenters. The molecule has 1 N–H and O–H groups in total. The molecule has 0 amide bonds. The molecule has 0 heterocycles. The van der Waals surface area contributed by atoms with Gasteiger partial charge in [-0.2, -0.15) is 0 Å². The van der Waals surface area contributed by atoms with Crippen LogP contribution in [0.25, 0.3) is 0 Å². The van der Waals surface area contributed by atoms with Gasteiger partial charge in [-0.1, -0.05) is 212 Å². The fraction of sp³-hybridized carbons (Fsp3) is 0.891. The first-order valence-corrected chi connectivity index (χ1v) is 22.4. The first kappa shape index (κ1) is 48.9. The molecule has 0 aromatic heterocycles. The third-order valence-electron chi connectivity index (χ3n) is 10.0. The normalized spacial score (nSPS) is 12.5. The predicted octanol–water partition coefficient (Wildman–Crippen LogP) is 14.7. The molecular weight excluding hydrogens is 617 g/mol. The van der Waals surface area contributed by atoms with Gasteiger partial charge in [-0.3, -0.25) is 4.79 Å². The van der Waals surface area contributed by atoms with Gasteiger partial charge in [0.25, 0.3) is 0 Å². The minimum absolute atomic E-state index is 0.168. The monoisotopic (exact) mass is 705 g/mol. The number of carbonyl (C=O) groups excluding carboxylic acids is 1. The molecule has 50 heavy (non-hydrogen) atoms. The average molecular weight is 705 g/mol. The molecule has 0 rings (SSSR count). The zero-order valence-corrected chi connectivity index (χ0v) is 33.9. The summed E-state index contributed by atoms with van der Waals surface area (Å²) in [6.45, 7) is 5.35. The van der Waals surface area contributed by atoms with Crippen LogP contribution in [0.5, 0.6) is 0 Å². The number of unbranched alkanes of at least 4 members (excludes halogenated alkanes) is 30. The molecular formula is C46H88O4. The van der Waals surface area contributed by atoms with Crippen LogP contribution in [-0.2, 0) is 14.3 Å². The van der Waals surface area contributed by atoms with Crippen LogP contribution in [0.1, 0.15) is 239 Å². The number of aliphatic hydroxyl groups is 1. The van der Waals surface area contributed by atoms with Crippen molar-refractivity contribution in [1.29, 1.82) is 0 Å². The Bertz CT molecular complexity index is 702. The molecule has 0 aliphatic carbocycles. The predicted molar refractivity (Wildman–Crippen MR) is 219 cm³/mol. The standard InChI is InChI=1S/C46H88O4/c1-3-5-7-9-11-13-15-17-19-21-23-24-26-28-30-32-34-36-38-40-42-49-44-45(43-47)50-46(48)41-39-37-35-33-31-29-27-25-22-20-18-16-14-12-10-8-6-4-2/h11,13,17,19,45,47H,3-10,12,14-16,18,20-44H2,1-2H3/b13-11-,19-17-. The number of rotatable bonds is 42. The lowest BCUT2D eigenvalue weighted by Crippen LogP contribution is -2.27. The summed E-state index contributed by atoms with van der Waals surface area (Å²) in [5.74, 6) is -0.197. The smallest absolute Gasteiger partial charge is 0.306 e. The maximum absolute atomic E-state index is 12.2. The molecule has 0 saturated heterocycles. The van der Waals surface area contributed by atoms with Gasteiger partial charge >= 0.3 is 5.97 Å². The SMILES string of the molecule is CCCCC/C=C\C/C=C\CCCCCCCCCCCCOCC(CO)OC(=O)CCCCCCCCCCCCCCCCCCCC. The van der Waals surface area contributed by atoms with Crippen LogP contribution in [0.4, 0.5) is 0 Å². The van der Waals surface area contributed by atoms with Crippen LogP contribution in [-0.4, -0.2) is 37.0 Å². The molecule has 4 nitrogen and oxygen atoms in total. The zero-order chi connectivity index (χ0) is 36.3. The zero-order valence-electron chi connectivity index (χ0n) is 33.9. The van der Waals surface area contributed by atoms with Gasteiger partial charge in [0.1, 0.15) is 6.10 Å². The molecule has 1 unspecified atom stereocenters. The molecule has 296 valence electrons. The highest BCUT2D eigenvalue weighted by Gasteiger charge is 2.13. The summed E-state index contributed by atoms with van der Waals surface area (Å²) in [6.07, 6.45) is 53.8. The summed E-state index contributed by atoms with van der Waals surface area (Å²) in [7, 11) is 0. The molecule has 0 spiro atoms. The fourth-order valence-corrected chi connectivity index (χ4v) is 6.65. The van der Waals surface area contributed by atoms with E-state index in [0.717, 1.165) is 25.7 Å². The van der Waals surface area contributed by atoms with Crippen molar-refractivity contribution in [2.45, 2.75) is 245 Å². The van der Waals surface area contributed by atoms with E-state index in [9.17, 15) is 9.90 Å². The minimum Gasteiger partial charge on any atom is -0.457 e. The second-order valence-electron chi connectivity index (χ2n) is 15.1. The topological polar surface area (TPSA) is 55.8 Å². The van der Waals surface area contributed by atoms with Crippen molar-refractivity contribution < 1.29 is 19.4 Å². The molecule has 4 heteroatoms. The number of hydrogen-bond acceptors (Lipinski definition) is 4. The van der Waals surface area contributed by atoms with Crippen molar-refractivity contribution in [3.05, 3.63) is 24.3 Å². The maximum Gasteiger partial charge on any atom is 0.306 e. The number of hydrogen-bond donors (Lipinski definition) is 1. The Morgan fingerprint density at radius 3 is 1.28 bits per heavy atom. The van der Waals surface area contributed by atoms with Crippen LogP contribution in [0, 0.1) is 0 Å². The van der Waals surface area contributed by atoms with E-state index in [1.807, 2.05) is 0 Å². The van der Waals surface area contributed by atoms with E-state index in [-0.39, 0.29) is 12.6 Å². The number of esters is 1. The van der Waals surface area contributed by atoms with Crippen LogP contribution >= 0.6 is 0 Å². The summed E-state index contributed by atoms with van der Waals surface area (Å²) >= 11 is 0. The third kappa shape index (κ3) is 41.3. The Hall–Kier alpha value is -1.13. The van der Waals surface area contributed by atoms with Crippen molar-refractivity contribution in [2.24, 2.45) is 0 Å². The van der Waals surface area contributed by atoms with Crippen molar-refractivity contribution in [3.63, 3.8) is 0 Å². The lowest BCUT2D eigenvalue weighted by Gasteiger charge is -2.16. The van der Waals surface area contributed by atoms with Gasteiger partial charge in [-0.25, -0.2) is 0 Å². The summed E-state index contributed by atoms with van der Waals surface area (Å²) < 4.78 is 11.2. The van der Waals surface area contributed by atoms with E-state index in [4.69, 9.17) is 9.47 Å². The number of aliphatic hydroxyl groups excluding tert-OH is 1. The Labute approximate surface area is 313 Å². The minimum atomic E-state index is -0.531. The molecule has 0 aromatic carbocycles. The van der Waals surface area contributed by atoms with Crippen LogP contribution in [0.2, 0.25) is 0 Å². The van der Waals surface area contributed by atoms with Crippen LogP contribution in [0.15, 0.2) is 24.3 Å². The van der Waals surface area contributed by atoms with E-state index in [0.29, 0.717) is 19.6 Å². The number of carbonyl (C=O) groups is 1. The Kier molecular flexibility index (Phi) is 43.0. The molecule has 0 fully saturated rings. The number of ether oxygens (including phenoxy) is 2. The Morgan fingerprint density at radius 2 is 0.840 bits per heavy atom. The maximum atomic E-state index is 12.2. The van der Waals surface area contributed by atoms with Crippen LogP contribution < -0.4 is 0 Å². The lowest BCUT2D eigenvalue weighted by atomic mass is 10.0. The van der Waals surface area contributed by atoms with Crippen molar-refractivity contribution in [1.82, 2.24) is 0 Å². The van der Waals surface area contributed by atoms with E-state index in [1.165, 1.54) is 193 Å². The van der Waals surface area contributed by atoms with Crippen LogP contribution in [0.3, 0.4) is 0 Å². The molecule has 0 radical (unpaired) electrons. The second-order valence-corrected chi connectivity index (χ2v) is 15.1. The van der Waals surface area contributed by atoms with E-state index in [1.54, 1.807) is 0 Å². The van der Waals surface area contributed by atoms with Crippen molar-refractivity contribution in [2.75, 3.05) is 19.8 Å². The first-order chi connectivity index (χ1) is 24.7. The molecule has 0 aliphatic heterocycles. The molecule has 0 bridgehead atoms. The number of allylic oxidation sites excluding steroid dienone is 4. The summed E-state index contributed by atoms with van der Waals surface area (Å²) in [5.41, 5.74) is 0. The average Bonchev–Trinajstić information content (AvgIpc) is 3.12. The Balaban J connectivity index is 3.39. The van der Waals surface area contributed by atoms with Crippen molar-refractivity contribution >= 4 is 5.97 Å². The summed E-state index contributed by atoms with van der Waals surface area (Å²) in [6, 6.07) is 0. The van der Waals surface area contributed by atoms with Gasteiger partial charge < -0.3 is 14.6 Å². The quantitative estimate of drug-likeness (QED) is 0.0390. The molecule has 0 saturated carbocycles. The highest BCUT2D eigenvalue weighted by molar-refractivity contribution is 5.69. The van der Waals surface area contributed by atoms with E-state index in [2.05, 4.69) is 38.2 Å².